The molecule has 4 heteroatoms. The van der Waals surface area contributed by atoms with Crippen LogP contribution in [0.1, 0.15) is 32.8 Å². The topological polar surface area (TPSA) is 63.9 Å². The number of benzene rings is 2. The molecule has 1 heterocycles. The zero-order valence-electron chi connectivity index (χ0n) is 13.9. The summed E-state index contributed by atoms with van der Waals surface area (Å²) in [6, 6.07) is 12.5. The van der Waals surface area contributed by atoms with Crippen LogP contribution in [0.5, 0.6) is 5.75 Å². The zero-order valence-corrected chi connectivity index (χ0v) is 13.9. The number of hydrogen-bond acceptors (Lipinski definition) is 3. The molecule has 0 amide bonds. The molecule has 0 spiro atoms. The molecule has 0 aliphatic rings. The molecular weight excluding hydrogens is 286 g/mol. The lowest BCUT2D eigenvalue weighted by molar-refractivity contribution is 0.322. The summed E-state index contributed by atoms with van der Waals surface area (Å²) in [5.41, 5.74) is 10.1. The quantitative estimate of drug-likeness (QED) is 0.742. The van der Waals surface area contributed by atoms with E-state index in [0.717, 1.165) is 39.8 Å². The molecule has 0 unspecified atom stereocenters. The minimum absolute atomic E-state index is 0.339. The van der Waals surface area contributed by atoms with Crippen LogP contribution in [0.25, 0.3) is 22.0 Å². The fourth-order valence-electron chi connectivity index (χ4n) is 2.66. The highest BCUT2D eigenvalue weighted by Gasteiger charge is 2.16. The fourth-order valence-corrected chi connectivity index (χ4v) is 2.66. The van der Waals surface area contributed by atoms with E-state index in [-0.39, 0.29) is 5.54 Å². The Labute approximate surface area is 136 Å². The van der Waals surface area contributed by atoms with Crippen molar-refractivity contribution in [2.75, 3.05) is 6.61 Å². The molecule has 23 heavy (non-hydrogen) atoms. The molecule has 4 nitrogen and oxygen atoms in total. The molecule has 0 aliphatic heterocycles. The highest BCUT2D eigenvalue weighted by molar-refractivity contribution is 5.92. The first-order valence-electron chi connectivity index (χ1n) is 7.99. The summed E-state index contributed by atoms with van der Waals surface area (Å²) in [5, 5.41) is 8.14. The average Bonchev–Trinajstić information content (AvgIpc) is 3.00. The first-order chi connectivity index (χ1) is 11.0. The molecule has 3 aromatic rings. The molecule has 3 rings (SSSR count). The van der Waals surface area contributed by atoms with E-state index in [9.17, 15) is 0 Å². The summed E-state index contributed by atoms with van der Waals surface area (Å²) in [4.78, 5) is 0. The molecule has 2 aromatic carbocycles. The van der Waals surface area contributed by atoms with E-state index >= 15 is 0 Å². The molecule has 0 aliphatic carbocycles. The molecule has 0 bridgehead atoms. The largest absolute Gasteiger partial charge is 0.492 e. The molecule has 0 fully saturated rings. The van der Waals surface area contributed by atoms with Crippen LogP contribution < -0.4 is 10.5 Å². The summed E-state index contributed by atoms with van der Waals surface area (Å²) in [6.07, 6.45) is 2.79. The predicted octanol–water partition coefficient (Wildman–Crippen LogP) is 4.21. The van der Waals surface area contributed by atoms with Gasteiger partial charge in [0.15, 0.2) is 0 Å². The Kier molecular flexibility index (Phi) is 4.09. The highest BCUT2D eigenvalue weighted by atomic mass is 16.5. The average molecular weight is 309 g/mol. The maximum atomic E-state index is 6.16. The molecule has 0 radical (unpaired) electrons. The number of aromatic amines is 1. The summed E-state index contributed by atoms with van der Waals surface area (Å²) < 4.78 is 6.03. The van der Waals surface area contributed by atoms with Gasteiger partial charge in [-0.15, -0.1) is 0 Å². The number of ether oxygens (including phenoxy) is 1. The molecule has 0 saturated heterocycles. The van der Waals surface area contributed by atoms with E-state index in [4.69, 9.17) is 10.5 Å². The number of hydrogen-bond donors (Lipinski definition) is 2. The van der Waals surface area contributed by atoms with Crippen molar-refractivity contribution in [1.29, 1.82) is 0 Å². The van der Waals surface area contributed by atoms with Gasteiger partial charge >= 0.3 is 0 Å². The second kappa shape index (κ2) is 6.05. The van der Waals surface area contributed by atoms with Crippen molar-refractivity contribution in [3.05, 3.63) is 48.2 Å². The highest BCUT2D eigenvalue weighted by Crippen LogP contribution is 2.36. The van der Waals surface area contributed by atoms with Gasteiger partial charge in [0, 0.05) is 11.1 Å². The van der Waals surface area contributed by atoms with Gasteiger partial charge in [-0.3, -0.25) is 5.10 Å². The van der Waals surface area contributed by atoms with E-state index in [0.29, 0.717) is 6.61 Å². The van der Waals surface area contributed by atoms with Gasteiger partial charge in [0.25, 0.3) is 0 Å². The van der Waals surface area contributed by atoms with Gasteiger partial charge in [0.1, 0.15) is 5.75 Å². The summed E-state index contributed by atoms with van der Waals surface area (Å²) >= 11 is 0. The Morgan fingerprint density at radius 2 is 1.87 bits per heavy atom. The van der Waals surface area contributed by atoms with Crippen molar-refractivity contribution < 1.29 is 4.74 Å². The van der Waals surface area contributed by atoms with Crippen LogP contribution in [0.4, 0.5) is 0 Å². The van der Waals surface area contributed by atoms with E-state index in [2.05, 4.69) is 47.5 Å². The Hall–Kier alpha value is -2.33. The Bertz CT molecular complexity index is 798. The Morgan fingerprint density at radius 3 is 2.52 bits per heavy atom. The van der Waals surface area contributed by atoms with Crippen LogP contribution in [0.3, 0.4) is 0 Å². The zero-order chi connectivity index (χ0) is 16.4. The number of rotatable bonds is 5. The van der Waals surface area contributed by atoms with Crippen molar-refractivity contribution in [3.63, 3.8) is 0 Å². The normalized spacial score (nSPS) is 11.8. The predicted molar refractivity (Wildman–Crippen MR) is 94.5 cm³/mol. The van der Waals surface area contributed by atoms with Gasteiger partial charge in [-0.2, -0.15) is 5.10 Å². The summed E-state index contributed by atoms with van der Waals surface area (Å²) in [5.74, 6) is 0.887. The molecule has 0 atom stereocenters. The monoisotopic (exact) mass is 309 g/mol. The first kappa shape index (κ1) is 15.6. The van der Waals surface area contributed by atoms with Crippen molar-refractivity contribution in [2.24, 2.45) is 5.73 Å². The number of fused-ring (bicyclic) bond motifs is 1. The molecule has 1 aromatic heterocycles. The molecule has 120 valence electrons. The number of H-pyrrole nitrogens is 1. The first-order valence-corrected chi connectivity index (χ1v) is 7.99. The fraction of sp³-hybridized carbons (Fsp3) is 0.316. The third-order valence-electron chi connectivity index (χ3n) is 3.97. The van der Waals surface area contributed by atoms with Crippen LogP contribution in [0, 0.1) is 0 Å². The second-order valence-corrected chi connectivity index (χ2v) is 6.42. The van der Waals surface area contributed by atoms with Crippen molar-refractivity contribution >= 4 is 10.9 Å². The maximum absolute atomic E-state index is 6.16. The van der Waals surface area contributed by atoms with Crippen LogP contribution in [0.15, 0.2) is 42.6 Å². The third kappa shape index (κ3) is 3.08. The Balaban J connectivity index is 2.07. The Morgan fingerprint density at radius 1 is 1.13 bits per heavy atom. The van der Waals surface area contributed by atoms with Crippen molar-refractivity contribution in [1.82, 2.24) is 10.2 Å². The lowest BCUT2D eigenvalue weighted by Crippen LogP contribution is -2.28. The van der Waals surface area contributed by atoms with Crippen LogP contribution >= 0.6 is 0 Å². The minimum atomic E-state index is -0.339. The van der Waals surface area contributed by atoms with Gasteiger partial charge in [-0.1, -0.05) is 31.2 Å². The smallest absolute Gasteiger partial charge is 0.138 e. The van der Waals surface area contributed by atoms with E-state index in [1.54, 1.807) is 0 Å². The SMILES string of the molecule is CCCOc1c(-c2ccc(C(C)(C)N)cc2)ccc2[nH]ncc12. The van der Waals surface area contributed by atoms with Gasteiger partial charge in [-0.05, 0) is 43.5 Å². The lowest BCUT2D eigenvalue weighted by atomic mass is 9.93. The standard InChI is InChI=1S/C19H23N3O/c1-4-11-23-18-15(9-10-17-16(18)12-21-22-17)13-5-7-14(8-6-13)19(2,3)20/h5-10,12H,4,11,20H2,1-3H3,(H,21,22). The number of aromatic nitrogens is 2. The van der Waals surface area contributed by atoms with Crippen molar-refractivity contribution in [2.45, 2.75) is 32.7 Å². The number of nitrogens with zero attached hydrogens (tertiary/aromatic N) is 1. The molecular formula is C19H23N3O. The number of nitrogens with two attached hydrogens (primary N) is 1. The minimum Gasteiger partial charge on any atom is -0.492 e. The van der Waals surface area contributed by atoms with Gasteiger partial charge in [0.05, 0.1) is 23.7 Å². The van der Waals surface area contributed by atoms with E-state index in [1.807, 2.05) is 26.1 Å². The van der Waals surface area contributed by atoms with Gasteiger partial charge in [0.2, 0.25) is 0 Å². The third-order valence-corrected chi connectivity index (χ3v) is 3.97. The van der Waals surface area contributed by atoms with Crippen LogP contribution in [-0.4, -0.2) is 16.8 Å². The van der Waals surface area contributed by atoms with Crippen molar-refractivity contribution in [3.8, 4) is 16.9 Å². The van der Waals surface area contributed by atoms with Gasteiger partial charge < -0.3 is 10.5 Å². The number of nitrogens with one attached hydrogen (secondary N) is 1. The molecule has 0 saturated carbocycles. The summed E-state index contributed by atoms with van der Waals surface area (Å²) in [7, 11) is 0. The van der Waals surface area contributed by atoms with Crippen LogP contribution in [-0.2, 0) is 5.54 Å². The lowest BCUT2D eigenvalue weighted by Gasteiger charge is -2.19. The maximum Gasteiger partial charge on any atom is 0.138 e. The van der Waals surface area contributed by atoms with E-state index < -0.39 is 0 Å². The van der Waals surface area contributed by atoms with Gasteiger partial charge in [-0.25, -0.2) is 0 Å². The van der Waals surface area contributed by atoms with Crippen LogP contribution in [0.2, 0.25) is 0 Å². The molecule has 3 N–H and O–H groups in total. The second-order valence-electron chi connectivity index (χ2n) is 6.42. The van der Waals surface area contributed by atoms with E-state index in [1.165, 1.54) is 0 Å². The summed E-state index contributed by atoms with van der Waals surface area (Å²) in [6.45, 7) is 6.81.